The number of rotatable bonds is 6. The predicted octanol–water partition coefficient (Wildman–Crippen LogP) is 2.54. The van der Waals surface area contributed by atoms with E-state index in [1.807, 2.05) is 30.7 Å². The molecule has 0 aliphatic heterocycles. The number of carbonyl (C=O) groups is 2. The topological polar surface area (TPSA) is 62.5 Å². The first-order valence-corrected chi connectivity index (χ1v) is 7.24. The zero-order valence-electron chi connectivity index (χ0n) is 12.1. The lowest BCUT2D eigenvalue weighted by atomic mass is 9.93. The van der Waals surface area contributed by atoms with Crippen LogP contribution in [0, 0.1) is 0 Å². The van der Waals surface area contributed by atoms with Crippen LogP contribution in [0.2, 0.25) is 0 Å². The minimum Gasteiger partial charge on any atom is -0.480 e. The molecule has 1 unspecified atom stereocenters. The zero-order chi connectivity index (χ0) is 14.7. The molecule has 0 spiro atoms. The Kier molecular flexibility index (Phi) is 4.47. The van der Waals surface area contributed by atoms with E-state index in [0.717, 1.165) is 19.3 Å². The van der Waals surface area contributed by atoms with Gasteiger partial charge in [-0.1, -0.05) is 6.92 Å². The van der Waals surface area contributed by atoms with Crippen molar-refractivity contribution in [2.24, 2.45) is 0 Å². The Labute approximate surface area is 119 Å². The van der Waals surface area contributed by atoms with E-state index in [9.17, 15) is 9.59 Å². The van der Waals surface area contributed by atoms with Crippen molar-refractivity contribution in [2.75, 3.05) is 6.54 Å². The molecular formula is C15H22N2O3. The van der Waals surface area contributed by atoms with Gasteiger partial charge in [-0.3, -0.25) is 9.59 Å². The molecule has 0 bridgehead atoms. The van der Waals surface area contributed by atoms with Crippen LogP contribution in [-0.2, 0) is 4.79 Å². The molecule has 5 nitrogen and oxygen atoms in total. The van der Waals surface area contributed by atoms with E-state index in [1.165, 1.54) is 11.3 Å². The van der Waals surface area contributed by atoms with Crippen molar-refractivity contribution in [3.8, 4) is 0 Å². The largest absolute Gasteiger partial charge is 0.480 e. The van der Waals surface area contributed by atoms with Gasteiger partial charge in [-0.2, -0.15) is 0 Å². The van der Waals surface area contributed by atoms with Crippen molar-refractivity contribution in [3.05, 3.63) is 24.0 Å². The number of aromatic nitrogens is 1. The fourth-order valence-electron chi connectivity index (χ4n) is 2.50. The Balaban J connectivity index is 2.22. The van der Waals surface area contributed by atoms with Crippen molar-refractivity contribution >= 4 is 11.9 Å². The van der Waals surface area contributed by atoms with Crippen molar-refractivity contribution in [1.29, 1.82) is 0 Å². The van der Waals surface area contributed by atoms with Gasteiger partial charge in [-0.15, -0.1) is 0 Å². The molecule has 110 valence electrons. The lowest BCUT2D eigenvalue weighted by Crippen LogP contribution is -2.43. The third-order valence-corrected chi connectivity index (χ3v) is 4.16. The van der Waals surface area contributed by atoms with Gasteiger partial charge in [0.1, 0.15) is 12.2 Å². The molecule has 1 fully saturated rings. The molecule has 1 saturated carbocycles. The van der Waals surface area contributed by atoms with Crippen molar-refractivity contribution in [2.45, 2.75) is 51.6 Å². The number of amides is 1. The van der Waals surface area contributed by atoms with E-state index in [2.05, 4.69) is 0 Å². The van der Waals surface area contributed by atoms with Crippen LogP contribution in [0.1, 0.15) is 56.1 Å². The first kappa shape index (κ1) is 14.6. The molecule has 0 radical (unpaired) electrons. The first-order valence-electron chi connectivity index (χ1n) is 7.24. The van der Waals surface area contributed by atoms with E-state index >= 15 is 0 Å². The first-order chi connectivity index (χ1) is 9.54. The summed E-state index contributed by atoms with van der Waals surface area (Å²) in [6.07, 6.45) is 6.05. The lowest BCUT2D eigenvalue weighted by Gasteiger charge is -2.32. The van der Waals surface area contributed by atoms with Gasteiger partial charge >= 0.3 is 5.97 Å². The highest BCUT2D eigenvalue weighted by Gasteiger charge is 2.28. The molecule has 1 aliphatic rings. The van der Waals surface area contributed by atoms with Gasteiger partial charge in [-0.05, 0) is 44.7 Å². The summed E-state index contributed by atoms with van der Waals surface area (Å²) in [4.78, 5) is 25.1. The molecule has 5 heteroatoms. The molecule has 2 rings (SSSR count). The van der Waals surface area contributed by atoms with E-state index in [0.29, 0.717) is 11.7 Å². The van der Waals surface area contributed by atoms with E-state index in [4.69, 9.17) is 5.11 Å². The molecule has 1 aliphatic carbocycles. The highest BCUT2D eigenvalue weighted by atomic mass is 16.4. The van der Waals surface area contributed by atoms with E-state index < -0.39 is 5.97 Å². The average Bonchev–Trinajstić information content (AvgIpc) is 2.80. The van der Waals surface area contributed by atoms with Gasteiger partial charge in [0.15, 0.2) is 0 Å². The Hall–Kier alpha value is -1.78. The maximum Gasteiger partial charge on any atom is 0.323 e. The Bertz CT molecular complexity index is 491. The number of hydrogen-bond donors (Lipinski definition) is 1. The summed E-state index contributed by atoms with van der Waals surface area (Å²) in [7, 11) is 0. The molecular weight excluding hydrogens is 256 g/mol. The molecule has 20 heavy (non-hydrogen) atoms. The zero-order valence-corrected chi connectivity index (χ0v) is 12.1. The van der Waals surface area contributed by atoms with Crippen LogP contribution >= 0.6 is 0 Å². The van der Waals surface area contributed by atoms with Gasteiger partial charge in [0.05, 0.1) is 0 Å². The van der Waals surface area contributed by atoms with E-state index in [-0.39, 0.29) is 18.5 Å². The molecule has 1 aromatic heterocycles. The Morgan fingerprint density at radius 1 is 1.50 bits per heavy atom. The molecule has 0 saturated heterocycles. The highest BCUT2D eigenvalue weighted by molar-refractivity contribution is 5.94. The maximum atomic E-state index is 12.6. The third-order valence-electron chi connectivity index (χ3n) is 4.16. The fourth-order valence-corrected chi connectivity index (χ4v) is 2.50. The van der Waals surface area contributed by atoms with Crippen molar-refractivity contribution < 1.29 is 14.7 Å². The van der Waals surface area contributed by atoms with Gasteiger partial charge in [0, 0.05) is 18.3 Å². The van der Waals surface area contributed by atoms with Crippen LogP contribution in [0.3, 0.4) is 0 Å². The number of nitrogens with zero attached hydrogens (tertiary/aromatic N) is 2. The number of hydrogen-bond acceptors (Lipinski definition) is 2. The molecule has 1 atom stereocenters. The van der Waals surface area contributed by atoms with Crippen LogP contribution in [-0.4, -0.2) is 39.0 Å². The van der Waals surface area contributed by atoms with Gasteiger partial charge in [-0.25, -0.2) is 0 Å². The Morgan fingerprint density at radius 3 is 2.70 bits per heavy atom. The molecule has 1 heterocycles. The number of aliphatic carboxylic acids is 1. The second-order valence-electron chi connectivity index (χ2n) is 5.47. The quantitative estimate of drug-likeness (QED) is 0.869. The Morgan fingerprint density at radius 2 is 2.20 bits per heavy atom. The molecule has 1 N–H and O–H groups in total. The normalized spacial score (nSPS) is 16.5. The second-order valence-corrected chi connectivity index (χ2v) is 5.47. The molecule has 1 aromatic rings. The number of carboxylic acid groups (broad SMARTS) is 1. The van der Waals surface area contributed by atoms with Crippen LogP contribution in [0.15, 0.2) is 18.3 Å². The van der Waals surface area contributed by atoms with Crippen LogP contribution in [0.4, 0.5) is 0 Å². The minimum absolute atomic E-state index is 0.0802. The van der Waals surface area contributed by atoms with Gasteiger partial charge < -0.3 is 14.6 Å². The van der Waals surface area contributed by atoms with Gasteiger partial charge in [0.25, 0.3) is 5.91 Å². The number of carbonyl (C=O) groups excluding carboxylic acids is 1. The summed E-state index contributed by atoms with van der Waals surface area (Å²) in [6, 6.07) is 3.97. The van der Waals surface area contributed by atoms with Crippen molar-refractivity contribution in [3.63, 3.8) is 0 Å². The summed E-state index contributed by atoms with van der Waals surface area (Å²) in [5.41, 5.74) is 0.608. The van der Waals surface area contributed by atoms with Crippen LogP contribution in [0.25, 0.3) is 0 Å². The summed E-state index contributed by atoms with van der Waals surface area (Å²) in [5, 5.41) is 9.01. The monoisotopic (exact) mass is 278 g/mol. The average molecular weight is 278 g/mol. The maximum absolute atomic E-state index is 12.6. The summed E-state index contributed by atoms with van der Waals surface area (Å²) in [6.45, 7) is 3.60. The van der Waals surface area contributed by atoms with Gasteiger partial charge in [0.2, 0.25) is 0 Å². The van der Waals surface area contributed by atoms with E-state index in [1.54, 1.807) is 6.07 Å². The number of carboxylic acids is 1. The third kappa shape index (κ3) is 2.86. The smallest absolute Gasteiger partial charge is 0.323 e. The summed E-state index contributed by atoms with van der Waals surface area (Å²) >= 11 is 0. The molecule has 1 amide bonds. The molecule has 0 aromatic carbocycles. The van der Waals surface area contributed by atoms with Crippen LogP contribution < -0.4 is 0 Å². The summed E-state index contributed by atoms with van der Waals surface area (Å²) < 4.78 is 2.00. The standard InChI is InChI=1S/C15H22N2O3/c1-3-11(2)17(10-14(18)19)15(20)13-8-5-9-16(13)12-6-4-7-12/h5,8-9,11-12H,3-4,6-7,10H2,1-2H3,(H,18,19). The minimum atomic E-state index is -0.972. The highest BCUT2D eigenvalue weighted by Crippen LogP contribution is 2.33. The lowest BCUT2D eigenvalue weighted by molar-refractivity contribution is -0.138. The van der Waals surface area contributed by atoms with Crippen LogP contribution in [0.5, 0.6) is 0 Å². The predicted molar refractivity (Wildman–Crippen MR) is 75.7 cm³/mol. The SMILES string of the molecule is CCC(C)N(CC(=O)O)C(=O)c1cccn1C1CCC1. The van der Waals surface area contributed by atoms with Crippen molar-refractivity contribution in [1.82, 2.24) is 9.47 Å². The second kappa shape index (κ2) is 6.11. The summed E-state index contributed by atoms with van der Waals surface area (Å²) in [5.74, 6) is -1.15. The fraction of sp³-hybridized carbons (Fsp3) is 0.600.